The van der Waals surface area contributed by atoms with Crippen molar-refractivity contribution in [1.82, 2.24) is 0 Å². The van der Waals surface area contributed by atoms with Gasteiger partial charge in [-0.15, -0.1) is 0 Å². The molecule has 1 aromatic rings. The minimum Gasteiger partial charge on any atom is -0.508 e. The molecular weight excluding hydrogens is 228 g/mol. The Morgan fingerprint density at radius 3 is 1.89 bits per heavy atom. The van der Waals surface area contributed by atoms with Gasteiger partial charge in [-0.05, 0) is 17.7 Å². The lowest BCUT2D eigenvalue weighted by Gasteiger charge is -1.90. The maximum Gasteiger partial charge on any atom is 0.115 e. The van der Waals surface area contributed by atoms with E-state index in [0.717, 1.165) is 12.2 Å². The number of rotatable bonds is 2. The van der Waals surface area contributed by atoms with Crippen LogP contribution < -0.4 is 0 Å². The summed E-state index contributed by atoms with van der Waals surface area (Å²) in [5.41, 5.74) is 1.02. The second-order valence-electron chi connectivity index (χ2n) is 2.93. The molecule has 2 N–H and O–H groups in total. The number of aliphatic hydroxyl groups is 1. The SMILES string of the molecule is C=Cc1ccc(O)cc1.CC.CC.OCC1CO1. The predicted octanol–water partition coefficient (Wildman–Crippen LogP) is 3.47. The van der Waals surface area contributed by atoms with E-state index in [9.17, 15) is 0 Å². The van der Waals surface area contributed by atoms with E-state index in [0.29, 0.717) is 5.75 Å². The van der Waals surface area contributed by atoms with Gasteiger partial charge in [0.2, 0.25) is 0 Å². The number of aromatic hydroxyl groups is 1. The Bertz CT molecular complexity index is 276. The summed E-state index contributed by atoms with van der Waals surface area (Å²) < 4.78 is 4.61. The van der Waals surface area contributed by atoms with Gasteiger partial charge in [-0.3, -0.25) is 0 Å². The number of benzene rings is 1. The number of epoxide rings is 1. The summed E-state index contributed by atoms with van der Waals surface area (Å²) in [5.74, 6) is 0.292. The maximum atomic E-state index is 8.82. The van der Waals surface area contributed by atoms with Gasteiger partial charge in [0.05, 0.1) is 13.2 Å². The van der Waals surface area contributed by atoms with Crippen LogP contribution in [0.15, 0.2) is 30.8 Å². The molecule has 0 aromatic heterocycles. The van der Waals surface area contributed by atoms with Crippen LogP contribution in [0, 0.1) is 0 Å². The average Bonchev–Trinajstić information content (AvgIpc) is 3.29. The van der Waals surface area contributed by atoms with Crippen molar-refractivity contribution in [2.75, 3.05) is 13.2 Å². The van der Waals surface area contributed by atoms with Crippen molar-refractivity contribution in [2.24, 2.45) is 0 Å². The van der Waals surface area contributed by atoms with E-state index in [1.807, 2.05) is 39.8 Å². The zero-order valence-electron chi connectivity index (χ0n) is 11.9. The molecule has 0 saturated carbocycles. The van der Waals surface area contributed by atoms with Gasteiger partial charge >= 0.3 is 0 Å². The van der Waals surface area contributed by atoms with Crippen LogP contribution >= 0.6 is 0 Å². The Labute approximate surface area is 111 Å². The molecule has 3 heteroatoms. The van der Waals surface area contributed by atoms with Crippen LogP contribution in [0.3, 0.4) is 0 Å². The van der Waals surface area contributed by atoms with E-state index in [2.05, 4.69) is 11.3 Å². The third kappa shape index (κ3) is 11.2. The molecule has 0 amide bonds. The van der Waals surface area contributed by atoms with Crippen LogP contribution in [0.2, 0.25) is 0 Å². The van der Waals surface area contributed by atoms with Crippen molar-refractivity contribution in [3.8, 4) is 5.75 Å². The van der Waals surface area contributed by atoms with Crippen molar-refractivity contribution in [3.05, 3.63) is 36.4 Å². The predicted molar refractivity (Wildman–Crippen MR) is 77.7 cm³/mol. The highest BCUT2D eigenvalue weighted by molar-refractivity contribution is 5.47. The van der Waals surface area contributed by atoms with E-state index in [1.54, 1.807) is 18.2 Å². The van der Waals surface area contributed by atoms with E-state index in [4.69, 9.17) is 10.2 Å². The molecule has 3 nitrogen and oxygen atoms in total. The number of phenolic OH excluding ortho intramolecular Hbond substituents is 1. The summed E-state index contributed by atoms with van der Waals surface area (Å²) in [5, 5.41) is 16.9. The van der Waals surface area contributed by atoms with Gasteiger partial charge in [-0.1, -0.05) is 52.5 Å². The van der Waals surface area contributed by atoms with Gasteiger partial charge in [-0.2, -0.15) is 0 Å². The molecule has 1 heterocycles. The largest absolute Gasteiger partial charge is 0.508 e. The van der Waals surface area contributed by atoms with Crippen molar-refractivity contribution in [1.29, 1.82) is 0 Å². The van der Waals surface area contributed by atoms with Crippen LogP contribution in [0.5, 0.6) is 5.75 Å². The van der Waals surface area contributed by atoms with Crippen LogP contribution in [0.1, 0.15) is 33.3 Å². The van der Waals surface area contributed by atoms with E-state index >= 15 is 0 Å². The van der Waals surface area contributed by atoms with Crippen LogP contribution in [0.25, 0.3) is 6.08 Å². The second kappa shape index (κ2) is 13.7. The van der Waals surface area contributed by atoms with Gasteiger partial charge < -0.3 is 14.9 Å². The Morgan fingerprint density at radius 2 is 1.67 bits per heavy atom. The highest BCUT2D eigenvalue weighted by Crippen LogP contribution is 2.09. The summed E-state index contributed by atoms with van der Waals surface area (Å²) in [6.45, 7) is 12.5. The van der Waals surface area contributed by atoms with E-state index in [1.165, 1.54) is 0 Å². The molecule has 18 heavy (non-hydrogen) atoms. The number of phenols is 1. The molecule has 104 valence electrons. The van der Waals surface area contributed by atoms with Crippen molar-refractivity contribution >= 4 is 6.08 Å². The summed E-state index contributed by atoms with van der Waals surface area (Å²) in [6, 6.07) is 6.89. The van der Waals surface area contributed by atoms with Crippen LogP contribution in [-0.4, -0.2) is 29.5 Å². The van der Waals surface area contributed by atoms with Gasteiger partial charge in [0.15, 0.2) is 0 Å². The molecule has 1 saturated heterocycles. The molecule has 0 spiro atoms. The molecule has 0 radical (unpaired) electrons. The topological polar surface area (TPSA) is 53.0 Å². The molecule has 1 aliphatic rings. The summed E-state index contributed by atoms with van der Waals surface area (Å²) in [7, 11) is 0. The van der Waals surface area contributed by atoms with E-state index < -0.39 is 0 Å². The van der Waals surface area contributed by atoms with Crippen LogP contribution in [0.4, 0.5) is 0 Å². The van der Waals surface area contributed by atoms with Gasteiger partial charge in [0, 0.05) is 0 Å². The molecular formula is C15H26O3. The standard InChI is InChI=1S/C8H8O.C3H6O2.2C2H6/c1-2-7-3-5-8(9)6-4-7;4-1-3-2-5-3;2*1-2/h2-6,9H,1H2;3-4H,1-2H2;2*1-2H3. The smallest absolute Gasteiger partial charge is 0.115 e. The summed E-state index contributed by atoms with van der Waals surface area (Å²) in [4.78, 5) is 0. The highest BCUT2D eigenvalue weighted by atomic mass is 16.6. The molecule has 0 bridgehead atoms. The number of aliphatic hydroxyl groups excluding tert-OH is 1. The van der Waals surface area contributed by atoms with Crippen molar-refractivity contribution in [2.45, 2.75) is 33.8 Å². The van der Waals surface area contributed by atoms with Crippen molar-refractivity contribution < 1.29 is 14.9 Å². The van der Waals surface area contributed by atoms with Crippen LogP contribution in [-0.2, 0) is 4.74 Å². The minimum atomic E-state index is 0.190. The molecule has 1 aliphatic heterocycles. The highest BCUT2D eigenvalue weighted by Gasteiger charge is 2.19. The fourth-order valence-electron chi connectivity index (χ4n) is 0.784. The summed E-state index contributed by atoms with van der Waals surface area (Å²) >= 11 is 0. The first-order valence-corrected chi connectivity index (χ1v) is 6.40. The lowest BCUT2D eigenvalue weighted by molar-refractivity contribution is 0.244. The monoisotopic (exact) mass is 254 g/mol. The third-order valence-electron chi connectivity index (χ3n) is 1.73. The third-order valence-corrected chi connectivity index (χ3v) is 1.73. The summed E-state index contributed by atoms with van der Waals surface area (Å²) in [6.07, 6.45) is 1.93. The Kier molecular flexibility index (Phi) is 14.5. The number of ether oxygens (including phenoxy) is 1. The number of hydrogen-bond acceptors (Lipinski definition) is 3. The lowest BCUT2D eigenvalue weighted by Crippen LogP contribution is -1.88. The average molecular weight is 254 g/mol. The fourth-order valence-corrected chi connectivity index (χ4v) is 0.784. The van der Waals surface area contributed by atoms with Crippen molar-refractivity contribution in [3.63, 3.8) is 0 Å². The molecule has 1 aromatic carbocycles. The lowest BCUT2D eigenvalue weighted by atomic mass is 10.2. The normalized spacial score (nSPS) is 14.6. The minimum absolute atomic E-state index is 0.190. The quantitative estimate of drug-likeness (QED) is 0.795. The zero-order chi connectivity index (χ0) is 14.4. The molecule has 1 atom stereocenters. The molecule has 1 fully saturated rings. The first kappa shape index (κ1) is 19.0. The number of hydrogen-bond donors (Lipinski definition) is 2. The van der Waals surface area contributed by atoms with Gasteiger partial charge in [0.25, 0.3) is 0 Å². The maximum absolute atomic E-state index is 8.82. The molecule has 1 unspecified atom stereocenters. The van der Waals surface area contributed by atoms with E-state index in [-0.39, 0.29) is 12.7 Å². The van der Waals surface area contributed by atoms with Gasteiger partial charge in [-0.25, -0.2) is 0 Å². The Hall–Kier alpha value is -1.32. The van der Waals surface area contributed by atoms with Gasteiger partial charge in [0.1, 0.15) is 11.9 Å². The second-order valence-corrected chi connectivity index (χ2v) is 2.93. The first-order chi connectivity index (χ1) is 8.76. The first-order valence-electron chi connectivity index (χ1n) is 6.40. The Morgan fingerprint density at radius 1 is 1.22 bits per heavy atom. The Balaban J connectivity index is 0. The fraction of sp³-hybridized carbons (Fsp3) is 0.467. The molecule has 0 aliphatic carbocycles. The zero-order valence-corrected chi connectivity index (χ0v) is 11.9. The molecule has 2 rings (SSSR count).